The molecular weight excluding hydrogens is 184 g/mol. The molecule has 2 aromatic rings. The Morgan fingerprint density at radius 2 is 2.15 bits per heavy atom. The van der Waals surface area contributed by atoms with Gasteiger partial charge in [-0.25, -0.2) is 4.68 Å². The molecule has 0 unspecified atom stereocenters. The van der Waals surface area contributed by atoms with E-state index in [1.807, 2.05) is 0 Å². The van der Waals surface area contributed by atoms with E-state index in [2.05, 4.69) is 34.7 Å². The topological polar surface area (TPSA) is 42.7 Å². The molecule has 2 aromatic heterocycles. The van der Waals surface area contributed by atoms with E-state index in [1.54, 1.807) is 28.7 Å². The molecule has 2 rings (SSSR count). The Labute approximate surface area is 80.2 Å². The Balaban J connectivity index is 1.93. The number of aromatic nitrogens is 3. The second-order valence-electron chi connectivity index (χ2n) is 2.72. The van der Waals surface area contributed by atoms with Crippen molar-refractivity contribution in [2.45, 2.75) is 13.5 Å². The van der Waals surface area contributed by atoms with Crippen LogP contribution in [0.4, 0.5) is 0 Å². The van der Waals surface area contributed by atoms with Gasteiger partial charge >= 0.3 is 0 Å². The van der Waals surface area contributed by atoms with Crippen molar-refractivity contribution in [3.63, 3.8) is 0 Å². The maximum atomic E-state index is 3.69. The minimum absolute atomic E-state index is 0.816. The zero-order chi connectivity index (χ0) is 9.10. The molecule has 0 saturated carbocycles. The molecule has 0 atom stereocenters. The first-order valence-electron chi connectivity index (χ1n) is 3.98. The van der Waals surface area contributed by atoms with E-state index in [4.69, 9.17) is 0 Å². The average molecular weight is 194 g/mol. The molecule has 1 N–H and O–H groups in total. The molecule has 0 spiro atoms. The fourth-order valence-electron chi connectivity index (χ4n) is 1.03. The summed E-state index contributed by atoms with van der Waals surface area (Å²) in [7, 11) is 0. The minimum Gasteiger partial charge on any atom is -0.318 e. The van der Waals surface area contributed by atoms with Crippen molar-refractivity contribution < 1.29 is 0 Å². The lowest BCUT2D eigenvalue weighted by molar-refractivity contribution is 0.843. The van der Waals surface area contributed by atoms with E-state index in [0.29, 0.717) is 0 Å². The van der Waals surface area contributed by atoms with Crippen LogP contribution in [0, 0.1) is 6.92 Å². The van der Waals surface area contributed by atoms with Crippen molar-refractivity contribution in [3.8, 4) is 0 Å². The summed E-state index contributed by atoms with van der Waals surface area (Å²) in [4.78, 5) is 2.65. The summed E-state index contributed by atoms with van der Waals surface area (Å²) in [6.07, 6.45) is 3.28. The van der Waals surface area contributed by atoms with Crippen LogP contribution in [0.1, 0.15) is 9.75 Å². The van der Waals surface area contributed by atoms with Gasteiger partial charge < -0.3 is 5.43 Å². The van der Waals surface area contributed by atoms with E-state index >= 15 is 0 Å². The highest BCUT2D eigenvalue weighted by molar-refractivity contribution is 7.11. The molecule has 0 aliphatic rings. The second kappa shape index (κ2) is 3.57. The molecule has 68 valence electrons. The van der Waals surface area contributed by atoms with Gasteiger partial charge in [-0.05, 0) is 19.1 Å². The van der Waals surface area contributed by atoms with E-state index in [0.717, 1.165) is 6.54 Å². The standard InChI is InChI=1S/C8H10N4S/c1-7-2-3-8(13-7)4-11-12-5-9-10-6-12/h2-3,5-6,11H,4H2,1H3. The maximum Gasteiger partial charge on any atom is 0.138 e. The van der Waals surface area contributed by atoms with E-state index in [1.165, 1.54) is 9.75 Å². The Hall–Kier alpha value is -1.36. The Morgan fingerprint density at radius 1 is 1.38 bits per heavy atom. The van der Waals surface area contributed by atoms with Crippen molar-refractivity contribution in [2.75, 3.05) is 5.43 Å². The first-order valence-corrected chi connectivity index (χ1v) is 4.80. The molecule has 13 heavy (non-hydrogen) atoms. The van der Waals surface area contributed by atoms with Gasteiger partial charge in [-0.1, -0.05) is 0 Å². The van der Waals surface area contributed by atoms with Gasteiger partial charge in [0.25, 0.3) is 0 Å². The normalized spacial score (nSPS) is 10.2. The predicted molar refractivity (Wildman–Crippen MR) is 52.1 cm³/mol. The monoisotopic (exact) mass is 194 g/mol. The van der Waals surface area contributed by atoms with Crippen LogP contribution in [-0.2, 0) is 6.54 Å². The lowest BCUT2D eigenvalue weighted by Gasteiger charge is -2.02. The highest BCUT2D eigenvalue weighted by Crippen LogP contribution is 2.14. The van der Waals surface area contributed by atoms with Gasteiger partial charge in [-0.3, -0.25) is 0 Å². The number of rotatable bonds is 3. The zero-order valence-electron chi connectivity index (χ0n) is 7.27. The summed E-state index contributed by atoms with van der Waals surface area (Å²) in [6, 6.07) is 4.24. The summed E-state index contributed by atoms with van der Waals surface area (Å²) in [5.41, 5.74) is 3.16. The molecule has 0 saturated heterocycles. The average Bonchev–Trinajstić information content (AvgIpc) is 2.71. The van der Waals surface area contributed by atoms with Crippen molar-refractivity contribution >= 4 is 11.3 Å². The van der Waals surface area contributed by atoms with Gasteiger partial charge in [0.05, 0.1) is 6.54 Å². The molecule has 0 aliphatic carbocycles. The third-order valence-electron chi connectivity index (χ3n) is 1.65. The van der Waals surface area contributed by atoms with Crippen LogP contribution in [0.3, 0.4) is 0 Å². The fourth-order valence-corrected chi connectivity index (χ4v) is 1.85. The number of hydrogen-bond acceptors (Lipinski definition) is 4. The Kier molecular flexibility index (Phi) is 2.27. The first kappa shape index (κ1) is 8.25. The van der Waals surface area contributed by atoms with Gasteiger partial charge in [0, 0.05) is 9.75 Å². The Bertz CT molecular complexity index is 365. The van der Waals surface area contributed by atoms with Gasteiger partial charge in [-0.2, -0.15) is 0 Å². The molecular formula is C8H10N4S. The second-order valence-corrected chi connectivity index (χ2v) is 4.09. The molecule has 2 heterocycles. The summed E-state index contributed by atoms with van der Waals surface area (Å²) in [5.74, 6) is 0. The van der Waals surface area contributed by atoms with E-state index < -0.39 is 0 Å². The van der Waals surface area contributed by atoms with Crippen molar-refractivity contribution in [1.29, 1.82) is 0 Å². The largest absolute Gasteiger partial charge is 0.318 e. The quantitative estimate of drug-likeness (QED) is 0.803. The molecule has 5 heteroatoms. The molecule has 0 fully saturated rings. The lowest BCUT2D eigenvalue weighted by Crippen LogP contribution is -2.10. The highest BCUT2D eigenvalue weighted by atomic mass is 32.1. The third-order valence-corrected chi connectivity index (χ3v) is 2.65. The Morgan fingerprint density at radius 3 is 2.77 bits per heavy atom. The van der Waals surface area contributed by atoms with Crippen LogP contribution in [0.15, 0.2) is 24.8 Å². The molecule has 0 aromatic carbocycles. The smallest absolute Gasteiger partial charge is 0.138 e. The number of hydrogen-bond donors (Lipinski definition) is 1. The summed E-state index contributed by atoms with van der Waals surface area (Å²) >= 11 is 1.79. The summed E-state index contributed by atoms with van der Waals surface area (Å²) in [6.45, 7) is 2.92. The van der Waals surface area contributed by atoms with E-state index in [-0.39, 0.29) is 0 Å². The number of nitrogens with zero attached hydrogens (tertiary/aromatic N) is 3. The van der Waals surface area contributed by atoms with Crippen molar-refractivity contribution in [1.82, 2.24) is 14.9 Å². The summed E-state index contributed by atoms with van der Waals surface area (Å²) in [5, 5.41) is 7.39. The van der Waals surface area contributed by atoms with Gasteiger partial charge in [0.2, 0.25) is 0 Å². The SMILES string of the molecule is Cc1ccc(CNn2cnnc2)s1. The van der Waals surface area contributed by atoms with Gasteiger partial charge in [0.1, 0.15) is 12.7 Å². The zero-order valence-corrected chi connectivity index (χ0v) is 8.08. The van der Waals surface area contributed by atoms with E-state index in [9.17, 15) is 0 Å². The lowest BCUT2D eigenvalue weighted by atomic mass is 10.4. The van der Waals surface area contributed by atoms with Crippen LogP contribution in [0.2, 0.25) is 0 Å². The fraction of sp³-hybridized carbons (Fsp3) is 0.250. The molecule has 0 radical (unpaired) electrons. The van der Waals surface area contributed by atoms with Crippen molar-refractivity contribution in [3.05, 3.63) is 34.5 Å². The number of thiophene rings is 1. The van der Waals surface area contributed by atoms with Crippen molar-refractivity contribution in [2.24, 2.45) is 0 Å². The van der Waals surface area contributed by atoms with Crippen LogP contribution in [0.5, 0.6) is 0 Å². The van der Waals surface area contributed by atoms with Crippen LogP contribution < -0.4 is 5.43 Å². The minimum atomic E-state index is 0.816. The van der Waals surface area contributed by atoms with Gasteiger partial charge in [-0.15, -0.1) is 21.5 Å². The summed E-state index contributed by atoms with van der Waals surface area (Å²) < 4.78 is 1.75. The molecule has 0 amide bonds. The molecule has 0 bridgehead atoms. The van der Waals surface area contributed by atoms with Gasteiger partial charge in [0.15, 0.2) is 0 Å². The van der Waals surface area contributed by atoms with Crippen LogP contribution in [0.25, 0.3) is 0 Å². The number of nitrogens with one attached hydrogen (secondary N) is 1. The number of aryl methyl sites for hydroxylation is 1. The predicted octanol–water partition coefficient (Wildman–Crippen LogP) is 1.39. The first-order chi connectivity index (χ1) is 6.34. The molecule has 0 aliphatic heterocycles. The third kappa shape index (κ3) is 2.06. The maximum absolute atomic E-state index is 3.69. The van der Waals surface area contributed by atoms with Crippen LogP contribution >= 0.6 is 11.3 Å². The highest BCUT2D eigenvalue weighted by Gasteiger charge is 1.95. The molecule has 4 nitrogen and oxygen atoms in total. The van der Waals surface area contributed by atoms with Crippen LogP contribution in [-0.4, -0.2) is 14.9 Å².